The predicted octanol–water partition coefficient (Wildman–Crippen LogP) is 1.63. The van der Waals surface area contributed by atoms with Crippen LogP contribution >= 0.6 is 11.8 Å². The van der Waals surface area contributed by atoms with Gasteiger partial charge in [-0.1, -0.05) is 0 Å². The highest BCUT2D eigenvalue weighted by Crippen LogP contribution is 2.20. The molecule has 1 aromatic rings. The number of pyridine rings is 1. The number of hydrogen-bond acceptors (Lipinski definition) is 4. The second kappa shape index (κ2) is 5.22. The molecule has 1 heterocycles. The summed E-state index contributed by atoms with van der Waals surface area (Å²) in [5.74, 6) is 1.06. The van der Waals surface area contributed by atoms with E-state index in [1.807, 2.05) is 13.0 Å². The molecule has 0 aliphatic heterocycles. The van der Waals surface area contributed by atoms with Crippen molar-refractivity contribution in [2.45, 2.75) is 11.9 Å². The van der Waals surface area contributed by atoms with Gasteiger partial charge in [0.2, 0.25) is 0 Å². The number of nitrogens with zero attached hydrogens (tertiary/aromatic N) is 2. The molecule has 78 valence electrons. The van der Waals surface area contributed by atoms with Crippen molar-refractivity contribution in [2.24, 2.45) is 0 Å². The van der Waals surface area contributed by atoms with Crippen LogP contribution in [0.3, 0.4) is 0 Å². The number of aryl methyl sites for hydroxylation is 1. The molecule has 4 heteroatoms. The molecule has 0 bridgehead atoms. The number of rotatable bonds is 4. The lowest BCUT2D eigenvalue weighted by atomic mass is 10.3. The Labute approximate surface area is 89.7 Å². The van der Waals surface area contributed by atoms with Crippen LogP contribution in [0, 0.1) is 6.92 Å². The van der Waals surface area contributed by atoms with Crippen LogP contribution < -0.4 is 5.73 Å². The number of nitrogen functional groups attached to an aromatic ring is 1. The molecule has 0 radical (unpaired) electrons. The van der Waals surface area contributed by atoms with Crippen LogP contribution in [0.1, 0.15) is 5.56 Å². The lowest BCUT2D eigenvalue weighted by Crippen LogP contribution is -2.14. The normalized spacial score (nSPS) is 10.9. The molecule has 3 nitrogen and oxygen atoms in total. The third kappa shape index (κ3) is 3.55. The number of aromatic nitrogens is 1. The highest BCUT2D eigenvalue weighted by molar-refractivity contribution is 7.99. The van der Waals surface area contributed by atoms with Gasteiger partial charge in [0.05, 0.1) is 16.9 Å². The van der Waals surface area contributed by atoms with E-state index >= 15 is 0 Å². The molecule has 0 atom stereocenters. The molecule has 0 fully saturated rings. The van der Waals surface area contributed by atoms with Crippen molar-refractivity contribution in [3.8, 4) is 0 Å². The summed E-state index contributed by atoms with van der Waals surface area (Å²) < 4.78 is 0. The van der Waals surface area contributed by atoms with E-state index in [-0.39, 0.29) is 0 Å². The van der Waals surface area contributed by atoms with Crippen LogP contribution in [-0.2, 0) is 0 Å². The van der Waals surface area contributed by atoms with Crippen molar-refractivity contribution in [3.63, 3.8) is 0 Å². The third-order valence-corrected chi connectivity index (χ3v) is 2.92. The second-order valence-electron chi connectivity index (χ2n) is 3.54. The smallest absolute Gasteiger partial charge is 0.0991 e. The topological polar surface area (TPSA) is 42.1 Å². The average Bonchev–Trinajstić information content (AvgIpc) is 2.08. The molecule has 0 aromatic carbocycles. The Morgan fingerprint density at radius 3 is 2.79 bits per heavy atom. The molecule has 1 aromatic heterocycles. The third-order valence-electron chi connectivity index (χ3n) is 1.83. The minimum Gasteiger partial charge on any atom is -0.397 e. The fourth-order valence-electron chi connectivity index (χ4n) is 1.06. The minimum absolute atomic E-state index is 0.736. The summed E-state index contributed by atoms with van der Waals surface area (Å²) in [5, 5.41) is 1.08. The van der Waals surface area contributed by atoms with Crippen molar-refractivity contribution < 1.29 is 0 Å². The fourth-order valence-corrected chi connectivity index (χ4v) is 2.12. The van der Waals surface area contributed by atoms with Gasteiger partial charge in [-0.25, -0.2) is 4.98 Å². The van der Waals surface area contributed by atoms with Gasteiger partial charge in [-0.2, -0.15) is 0 Å². The Balaban J connectivity index is 2.51. The summed E-state index contributed by atoms with van der Waals surface area (Å²) in [7, 11) is 4.15. The first-order valence-electron chi connectivity index (χ1n) is 4.59. The van der Waals surface area contributed by atoms with E-state index in [2.05, 4.69) is 24.0 Å². The largest absolute Gasteiger partial charge is 0.397 e. The maximum absolute atomic E-state index is 5.62. The van der Waals surface area contributed by atoms with Gasteiger partial charge in [0.25, 0.3) is 0 Å². The predicted molar refractivity (Wildman–Crippen MR) is 62.7 cm³/mol. The van der Waals surface area contributed by atoms with Gasteiger partial charge in [0.15, 0.2) is 0 Å². The molecule has 0 amide bonds. The van der Waals surface area contributed by atoms with Crippen molar-refractivity contribution >= 4 is 17.4 Å². The van der Waals surface area contributed by atoms with Crippen LogP contribution in [-0.4, -0.2) is 36.3 Å². The van der Waals surface area contributed by atoms with Gasteiger partial charge in [0.1, 0.15) is 0 Å². The van der Waals surface area contributed by atoms with Crippen LogP contribution in [0.2, 0.25) is 0 Å². The number of nitrogens with two attached hydrogens (primary N) is 1. The van der Waals surface area contributed by atoms with Crippen molar-refractivity contribution in [3.05, 3.63) is 17.8 Å². The monoisotopic (exact) mass is 211 g/mol. The maximum Gasteiger partial charge on any atom is 0.0991 e. The molecule has 0 saturated heterocycles. The first-order valence-corrected chi connectivity index (χ1v) is 5.58. The van der Waals surface area contributed by atoms with E-state index in [4.69, 9.17) is 5.73 Å². The fraction of sp³-hybridized carbons (Fsp3) is 0.500. The standard InChI is InChI=1S/C10H17N3S/c1-8-6-9(11)7-12-10(8)14-5-4-13(2)3/h6-7H,4-5,11H2,1-3H3. The summed E-state index contributed by atoms with van der Waals surface area (Å²) in [5.41, 5.74) is 7.52. The van der Waals surface area contributed by atoms with E-state index in [0.29, 0.717) is 0 Å². The molecule has 0 unspecified atom stereocenters. The zero-order chi connectivity index (χ0) is 10.6. The summed E-state index contributed by atoms with van der Waals surface area (Å²) in [6.45, 7) is 3.11. The zero-order valence-electron chi connectivity index (χ0n) is 8.95. The molecule has 0 spiro atoms. The number of anilines is 1. The molecule has 1 rings (SSSR count). The highest BCUT2D eigenvalue weighted by Gasteiger charge is 2.01. The molecule has 2 N–H and O–H groups in total. The van der Waals surface area contributed by atoms with Crippen LogP contribution in [0.4, 0.5) is 5.69 Å². The Kier molecular flexibility index (Phi) is 4.22. The van der Waals surface area contributed by atoms with E-state index in [9.17, 15) is 0 Å². The van der Waals surface area contributed by atoms with Gasteiger partial charge >= 0.3 is 0 Å². The molecular weight excluding hydrogens is 194 g/mol. The number of hydrogen-bond donors (Lipinski definition) is 1. The first kappa shape index (κ1) is 11.3. The lowest BCUT2D eigenvalue weighted by Gasteiger charge is -2.09. The van der Waals surface area contributed by atoms with Crippen molar-refractivity contribution in [2.75, 3.05) is 32.1 Å². The lowest BCUT2D eigenvalue weighted by molar-refractivity contribution is 0.437. The maximum atomic E-state index is 5.62. The Morgan fingerprint density at radius 2 is 2.21 bits per heavy atom. The highest BCUT2D eigenvalue weighted by atomic mass is 32.2. The summed E-state index contributed by atoms with van der Waals surface area (Å²) in [4.78, 5) is 6.46. The van der Waals surface area contributed by atoms with Crippen LogP contribution in [0.5, 0.6) is 0 Å². The second-order valence-corrected chi connectivity index (χ2v) is 4.63. The zero-order valence-corrected chi connectivity index (χ0v) is 9.77. The van der Waals surface area contributed by atoms with Crippen molar-refractivity contribution in [1.29, 1.82) is 0 Å². The summed E-state index contributed by atoms with van der Waals surface area (Å²) in [6, 6.07) is 1.96. The van der Waals surface area contributed by atoms with Crippen LogP contribution in [0.25, 0.3) is 0 Å². The summed E-state index contributed by atoms with van der Waals surface area (Å²) >= 11 is 1.78. The SMILES string of the molecule is Cc1cc(N)cnc1SCCN(C)C. The van der Waals surface area contributed by atoms with E-state index in [1.54, 1.807) is 18.0 Å². The van der Waals surface area contributed by atoms with Gasteiger partial charge in [-0.15, -0.1) is 11.8 Å². The molecule has 0 aliphatic carbocycles. The minimum atomic E-state index is 0.736. The average molecular weight is 211 g/mol. The number of thioether (sulfide) groups is 1. The Hall–Kier alpha value is -0.740. The first-order chi connectivity index (χ1) is 6.59. The van der Waals surface area contributed by atoms with E-state index in [0.717, 1.165) is 28.6 Å². The molecule has 14 heavy (non-hydrogen) atoms. The quantitative estimate of drug-likeness (QED) is 0.769. The molecule has 0 saturated carbocycles. The Morgan fingerprint density at radius 1 is 1.50 bits per heavy atom. The summed E-state index contributed by atoms with van der Waals surface area (Å²) in [6.07, 6.45) is 1.71. The van der Waals surface area contributed by atoms with E-state index in [1.165, 1.54) is 0 Å². The van der Waals surface area contributed by atoms with Gasteiger partial charge < -0.3 is 10.6 Å². The van der Waals surface area contributed by atoms with Gasteiger partial charge in [-0.3, -0.25) is 0 Å². The van der Waals surface area contributed by atoms with E-state index < -0.39 is 0 Å². The molecule has 0 aliphatic rings. The Bertz CT molecular complexity index is 299. The van der Waals surface area contributed by atoms with Gasteiger partial charge in [-0.05, 0) is 32.6 Å². The molecular formula is C10H17N3S. The van der Waals surface area contributed by atoms with Crippen LogP contribution in [0.15, 0.2) is 17.3 Å². The van der Waals surface area contributed by atoms with Gasteiger partial charge in [0, 0.05) is 12.3 Å². The van der Waals surface area contributed by atoms with Crippen molar-refractivity contribution in [1.82, 2.24) is 9.88 Å².